The quantitative estimate of drug-likeness (QED) is 0.515. The van der Waals surface area contributed by atoms with Gasteiger partial charge in [0.2, 0.25) is 0 Å². The van der Waals surface area contributed by atoms with Crippen LogP contribution in [0.5, 0.6) is 0 Å². The van der Waals surface area contributed by atoms with Crippen LogP contribution in [0.3, 0.4) is 0 Å². The van der Waals surface area contributed by atoms with Crippen LogP contribution in [0.2, 0.25) is 0 Å². The van der Waals surface area contributed by atoms with Gasteiger partial charge >= 0.3 is 11.9 Å². The monoisotopic (exact) mass is 446 g/mol. The average Bonchev–Trinajstić information content (AvgIpc) is 2.86. The van der Waals surface area contributed by atoms with Crippen LogP contribution in [0.25, 0.3) is 11.1 Å². The van der Waals surface area contributed by atoms with Gasteiger partial charge in [0.25, 0.3) is 11.8 Å². The molecule has 33 heavy (non-hydrogen) atoms. The topological polar surface area (TPSA) is 111 Å². The maximum absolute atomic E-state index is 12.2. The summed E-state index contributed by atoms with van der Waals surface area (Å²) >= 11 is 0. The number of benzene rings is 3. The second kappa shape index (κ2) is 11.2. The van der Waals surface area contributed by atoms with E-state index in [1.165, 1.54) is 31.4 Å². The van der Waals surface area contributed by atoms with Gasteiger partial charge in [0.15, 0.2) is 6.61 Å². The zero-order valence-electron chi connectivity index (χ0n) is 17.9. The van der Waals surface area contributed by atoms with Crippen molar-refractivity contribution in [3.63, 3.8) is 0 Å². The Bertz CT molecular complexity index is 1130. The molecule has 2 N–H and O–H groups in total. The number of methoxy groups -OCH3 is 1. The Morgan fingerprint density at radius 1 is 0.758 bits per heavy atom. The SMILES string of the molecule is COC(=O)c1ccc(NC(=O)COC(=O)CNC(=O)c2ccc(-c3ccccc3)cc2)cc1. The molecule has 0 saturated heterocycles. The first kappa shape index (κ1) is 23.2. The molecule has 2 amide bonds. The first-order valence-corrected chi connectivity index (χ1v) is 10.0. The summed E-state index contributed by atoms with van der Waals surface area (Å²) in [5, 5.41) is 5.00. The summed E-state index contributed by atoms with van der Waals surface area (Å²) in [5.41, 5.74) is 3.17. The molecule has 0 radical (unpaired) electrons. The standard InChI is InChI=1S/C25H22N2O6/c1-32-25(31)20-11-13-21(14-12-20)27-22(28)16-33-23(29)15-26-24(30)19-9-7-18(8-10-19)17-5-3-2-4-6-17/h2-14H,15-16H2,1H3,(H,26,30)(H,27,28). The molecule has 3 aromatic rings. The molecule has 0 unspecified atom stereocenters. The lowest BCUT2D eigenvalue weighted by molar-refractivity contribution is -0.146. The predicted octanol–water partition coefficient (Wildman–Crippen LogP) is 3.05. The lowest BCUT2D eigenvalue weighted by Crippen LogP contribution is -2.32. The number of esters is 2. The van der Waals surface area contributed by atoms with Crippen LogP contribution in [-0.4, -0.2) is 44.0 Å². The van der Waals surface area contributed by atoms with Crippen molar-refractivity contribution in [3.8, 4) is 11.1 Å². The van der Waals surface area contributed by atoms with E-state index in [1.54, 1.807) is 12.1 Å². The maximum Gasteiger partial charge on any atom is 0.337 e. The highest BCUT2D eigenvalue weighted by Crippen LogP contribution is 2.19. The maximum atomic E-state index is 12.2. The molecular weight excluding hydrogens is 424 g/mol. The normalized spacial score (nSPS) is 10.1. The molecule has 0 saturated carbocycles. The molecular formula is C25H22N2O6. The number of nitrogens with one attached hydrogen (secondary N) is 2. The fourth-order valence-electron chi connectivity index (χ4n) is 2.90. The summed E-state index contributed by atoms with van der Waals surface area (Å²) in [6, 6.07) is 22.8. The van der Waals surface area contributed by atoms with Crippen LogP contribution in [0.4, 0.5) is 5.69 Å². The summed E-state index contributed by atoms with van der Waals surface area (Å²) in [4.78, 5) is 47.4. The van der Waals surface area contributed by atoms with Crippen molar-refractivity contribution in [2.24, 2.45) is 0 Å². The number of carbonyl (C=O) groups excluding carboxylic acids is 4. The highest BCUT2D eigenvalue weighted by molar-refractivity contribution is 5.97. The van der Waals surface area contributed by atoms with E-state index in [-0.39, 0.29) is 6.54 Å². The molecule has 0 fully saturated rings. The van der Waals surface area contributed by atoms with E-state index in [9.17, 15) is 19.2 Å². The van der Waals surface area contributed by atoms with Crippen molar-refractivity contribution < 1.29 is 28.7 Å². The molecule has 0 bridgehead atoms. The highest BCUT2D eigenvalue weighted by atomic mass is 16.5. The Balaban J connectivity index is 1.41. The smallest absolute Gasteiger partial charge is 0.337 e. The van der Waals surface area contributed by atoms with Crippen molar-refractivity contribution >= 4 is 29.4 Å². The van der Waals surface area contributed by atoms with Gasteiger partial charge in [0, 0.05) is 11.3 Å². The molecule has 3 rings (SSSR count). The molecule has 0 aliphatic carbocycles. The molecule has 0 heterocycles. The Labute approximate surface area is 190 Å². The number of rotatable bonds is 8. The molecule has 0 spiro atoms. The summed E-state index contributed by atoms with van der Waals surface area (Å²) in [6.07, 6.45) is 0. The van der Waals surface area contributed by atoms with E-state index in [1.807, 2.05) is 42.5 Å². The molecule has 3 aromatic carbocycles. The molecule has 0 aliphatic heterocycles. The minimum atomic E-state index is -0.750. The van der Waals surface area contributed by atoms with Crippen LogP contribution >= 0.6 is 0 Å². The van der Waals surface area contributed by atoms with Crippen LogP contribution in [0, 0.1) is 0 Å². The van der Waals surface area contributed by atoms with E-state index in [0.717, 1.165) is 11.1 Å². The Hall–Kier alpha value is -4.46. The third-order valence-electron chi connectivity index (χ3n) is 4.60. The van der Waals surface area contributed by atoms with E-state index < -0.39 is 30.4 Å². The van der Waals surface area contributed by atoms with Gasteiger partial charge in [-0.15, -0.1) is 0 Å². The van der Waals surface area contributed by atoms with Crippen molar-refractivity contribution in [1.29, 1.82) is 0 Å². The zero-order chi connectivity index (χ0) is 23.6. The van der Waals surface area contributed by atoms with Gasteiger partial charge < -0.3 is 20.1 Å². The number of carbonyl (C=O) groups is 4. The highest BCUT2D eigenvalue weighted by Gasteiger charge is 2.12. The van der Waals surface area contributed by atoms with E-state index in [2.05, 4.69) is 15.4 Å². The number of hydrogen-bond donors (Lipinski definition) is 2. The summed E-state index contributed by atoms with van der Waals surface area (Å²) in [7, 11) is 1.27. The third kappa shape index (κ3) is 6.76. The summed E-state index contributed by atoms with van der Waals surface area (Å²) in [6.45, 7) is -0.889. The molecule has 0 aromatic heterocycles. The first-order valence-electron chi connectivity index (χ1n) is 10.0. The largest absolute Gasteiger partial charge is 0.465 e. The zero-order valence-corrected chi connectivity index (χ0v) is 17.9. The van der Waals surface area contributed by atoms with Gasteiger partial charge in [0.05, 0.1) is 12.7 Å². The predicted molar refractivity (Wildman–Crippen MR) is 122 cm³/mol. The molecule has 8 nitrogen and oxygen atoms in total. The van der Waals surface area contributed by atoms with Crippen LogP contribution < -0.4 is 10.6 Å². The second-order valence-corrected chi connectivity index (χ2v) is 6.90. The van der Waals surface area contributed by atoms with Gasteiger partial charge in [0.1, 0.15) is 6.54 Å². The van der Waals surface area contributed by atoms with Crippen molar-refractivity contribution in [2.75, 3.05) is 25.6 Å². The lowest BCUT2D eigenvalue weighted by Gasteiger charge is -2.08. The number of amides is 2. The van der Waals surface area contributed by atoms with Crippen LogP contribution in [0.1, 0.15) is 20.7 Å². The Morgan fingerprint density at radius 3 is 2.00 bits per heavy atom. The number of anilines is 1. The fraction of sp³-hybridized carbons (Fsp3) is 0.120. The Morgan fingerprint density at radius 2 is 1.36 bits per heavy atom. The number of hydrogen-bond acceptors (Lipinski definition) is 6. The van der Waals surface area contributed by atoms with Crippen molar-refractivity contribution in [2.45, 2.75) is 0 Å². The second-order valence-electron chi connectivity index (χ2n) is 6.90. The van der Waals surface area contributed by atoms with Gasteiger partial charge in [-0.3, -0.25) is 14.4 Å². The van der Waals surface area contributed by atoms with Crippen LogP contribution in [0.15, 0.2) is 78.9 Å². The summed E-state index contributed by atoms with van der Waals surface area (Å²) in [5.74, 6) is -2.23. The minimum Gasteiger partial charge on any atom is -0.465 e. The first-order chi connectivity index (χ1) is 16.0. The van der Waals surface area contributed by atoms with Crippen molar-refractivity contribution in [3.05, 3.63) is 90.0 Å². The average molecular weight is 446 g/mol. The van der Waals surface area contributed by atoms with Crippen molar-refractivity contribution in [1.82, 2.24) is 5.32 Å². The molecule has 0 atom stereocenters. The summed E-state index contributed by atoms with van der Waals surface area (Å²) < 4.78 is 9.48. The molecule has 168 valence electrons. The van der Waals surface area contributed by atoms with Gasteiger partial charge in [-0.2, -0.15) is 0 Å². The third-order valence-corrected chi connectivity index (χ3v) is 4.60. The van der Waals surface area contributed by atoms with Crippen LogP contribution in [-0.2, 0) is 19.1 Å². The molecule has 8 heteroatoms. The molecule has 0 aliphatic rings. The van der Waals surface area contributed by atoms with E-state index in [0.29, 0.717) is 16.8 Å². The van der Waals surface area contributed by atoms with E-state index in [4.69, 9.17) is 4.74 Å². The van der Waals surface area contributed by atoms with E-state index >= 15 is 0 Å². The number of ether oxygens (including phenoxy) is 2. The van der Waals surface area contributed by atoms with Gasteiger partial charge in [-0.1, -0.05) is 42.5 Å². The van der Waals surface area contributed by atoms with Gasteiger partial charge in [-0.25, -0.2) is 4.79 Å². The van der Waals surface area contributed by atoms with Gasteiger partial charge in [-0.05, 0) is 47.5 Å². The minimum absolute atomic E-state index is 0.340. The Kier molecular flexibility index (Phi) is 7.91. The lowest BCUT2D eigenvalue weighted by atomic mass is 10.0. The fourth-order valence-corrected chi connectivity index (χ4v) is 2.90.